The van der Waals surface area contributed by atoms with E-state index in [1.807, 2.05) is 24.3 Å². The van der Waals surface area contributed by atoms with Crippen LogP contribution in [-0.2, 0) is 16.1 Å². The Morgan fingerprint density at radius 2 is 1.61 bits per heavy atom. The summed E-state index contributed by atoms with van der Waals surface area (Å²) >= 11 is 1.56. The SMILES string of the molecule is COC(=O)C[C@H](C)N(Cc1ccccc1C)c1ccc(NSc2ccc(OC)cc2)c2ccccc12. The smallest absolute Gasteiger partial charge is 0.307 e. The van der Waals surface area contributed by atoms with E-state index in [1.54, 1.807) is 19.1 Å². The van der Waals surface area contributed by atoms with Crippen LogP contribution in [0.25, 0.3) is 10.8 Å². The van der Waals surface area contributed by atoms with Gasteiger partial charge in [0.2, 0.25) is 0 Å². The van der Waals surface area contributed by atoms with Crippen LogP contribution in [0.4, 0.5) is 11.4 Å². The fraction of sp³-hybridized carbons (Fsp3) is 0.233. The monoisotopic (exact) mass is 500 g/mol. The van der Waals surface area contributed by atoms with E-state index in [2.05, 4.69) is 84.1 Å². The highest BCUT2D eigenvalue weighted by Gasteiger charge is 2.22. The molecule has 5 nitrogen and oxygen atoms in total. The highest BCUT2D eigenvalue weighted by Crippen LogP contribution is 2.36. The number of carbonyl (C=O) groups is 1. The molecule has 0 amide bonds. The number of esters is 1. The lowest BCUT2D eigenvalue weighted by Crippen LogP contribution is -2.35. The van der Waals surface area contributed by atoms with Crippen LogP contribution in [0.2, 0.25) is 0 Å². The van der Waals surface area contributed by atoms with Crippen LogP contribution in [0.3, 0.4) is 0 Å². The number of fused-ring (bicyclic) bond motifs is 1. The summed E-state index contributed by atoms with van der Waals surface area (Å²) in [6.45, 7) is 4.90. The predicted octanol–water partition coefficient (Wildman–Crippen LogP) is 7.23. The number of nitrogens with zero attached hydrogens (tertiary/aromatic N) is 1. The Bertz CT molecular complexity index is 1320. The molecule has 4 aromatic carbocycles. The zero-order valence-corrected chi connectivity index (χ0v) is 22.0. The highest BCUT2D eigenvalue weighted by atomic mass is 32.2. The molecule has 4 aromatic rings. The molecule has 0 aromatic heterocycles. The van der Waals surface area contributed by atoms with Gasteiger partial charge in [0.25, 0.3) is 0 Å². The van der Waals surface area contributed by atoms with Crippen LogP contribution >= 0.6 is 11.9 Å². The molecule has 0 bridgehead atoms. The van der Waals surface area contributed by atoms with Gasteiger partial charge < -0.3 is 19.1 Å². The molecule has 1 N–H and O–H groups in total. The third kappa shape index (κ3) is 5.94. The van der Waals surface area contributed by atoms with Crippen molar-refractivity contribution in [1.29, 1.82) is 0 Å². The van der Waals surface area contributed by atoms with E-state index < -0.39 is 0 Å². The van der Waals surface area contributed by atoms with E-state index in [4.69, 9.17) is 9.47 Å². The summed E-state index contributed by atoms with van der Waals surface area (Å²) in [5, 5.41) is 2.25. The molecule has 0 aliphatic carbocycles. The number of rotatable bonds is 10. The van der Waals surface area contributed by atoms with Gasteiger partial charge in [-0.05, 0) is 73.3 Å². The number of nitrogens with one attached hydrogen (secondary N) is 1. The molecular weight excluding hydrogens is 468 g/mol. The second-order valence-electron chi connectivity index (χ2n) is 8.74. The quantitative estimate of drug-likeness (QED) is 0.183. The van der Waals surface area contributed by atoms with Crippen molar-refractivity contribution in [2.24, 2.45) is 0 Å². The Morgan fingerprint density at radius 1 is 0.917 bits per heavy atom. The van der Waals surface area contributed by atoms with Crippen LogP contribution in [0.15, 0.2) is 89.8 Å². The van der Waals surface area contributed by atoms with Gasteiger partial charge in [-0.3, -0.25) is 4.79 Å². The molecule has 0 saturated carbocycles. The molecule has 186 valence electrons. The minimum Gasteiger partial charge on any atom is -0.497 e. The zero-order chi connectivity index (χ0) is 25.5. The maximum absolute atomic E-state index is 12.2. The number of ether oxygens (including phenoxy) is 2. The van der Waals surface area contributed by atoms with Crippen molar-refractivity contribution in [3.05, 3.63) is 96.1 Å². The summed E-state index contributed by atoms with van der Waals surface area (Å²) in [5.41, 5.74) is 4.58. The number of methoxy groups -OCH3 is 2. The van der Waals surface area contributed by atoms with E-state index in [1.165, 1.54) is 18.2 Å². The third-order valence-corrected chi connectivity index (χ3v) is 7.20. The molecule has 0 heterocycles. The van der Waals surface area contributed by atoms with Crippen molar-refractivity contribution < 1.29 is 14.3 Å². The first-order valence-electron chi connectivity index (χ1n) is 12.0. The maximum Gasteiger partial charge on any atom is 0.307 e. The number of aryl methyl sites for hydroxylation is 1. The molecule has 0 unspecified atom stereocenters. The minimum absolute atomic E-state index is 0.0482. The molecule has 0 radical (unpaired) electrons. The number of benzene rings is 4. The largest absolute Gasteiger partial charge is 0.497 e. The van der Waals surface area contributed by atoms with Crippen LogP contribution in [0.5, 0.6) is 5.75 Å². The van der Waals surface area contributed by atoms with Crippen molar-refractivity contribution in [3.63, 3.8) is 0 Å². The van der Waals surface area contributed by atoms with Gasteiger partial charge >= 0.3 is 5.97 Å². The van der Waals surface area contributed by atoms with Crippen molar-refractivity contribution in [3.8, 4) is 5.75 Å². The van der Waals surface area contributed by atoms with E-state index >= 15 is 0 Å². The summed E-state index contributed by atoms with van der Waals surface area (Å²) in [6.07, 6.45) is 0.310. The minimum atomic E-state index is -0.212. The van der Waals surface area contributed by atoms with Gasteiger partial charge in [0.1, 0.15) is 5.75 Å². The summed E-state index contributed by atoms with van der Waals surface area (Å²) in [5.74, 6) is 0.625. The number of hydrogen-bond acceptors (Lipinski definition) is 6. The lowest BCUT2D eigenvalue weighted by atomic mass is 10.0. The van der Waals surface area contributed by atoms with Crippen molar-refractivity contribution in [2.75, 3.05) is 23.8 Å². The second kappa shape index (κ2) is 11.9. The first-order valence-corrected chi connectivity index (χ1v) is 12.8. The van der Waals surface area contributed by atoms with E-state index in [0.717, 1.165) is 32.8 Å². The first-order chi connectivity index (χ1) is 17.5. The van der Waals surface area contributed by atoms with Crippen molar-refractivity contribution in [2.45, 2.75) is 37.8 Å². The third-order valence-electron chi connectivity index (χ3n) is 6.37. The standard InChI is InChI=1S/C30H32N2O3S/c1-21-9-5-6-10-23(21)20-32(22(2)19-30(33)35-4)29-18-17-28(26-11-7-8-12-27(26)29)31-36-25-15-13-24(34-3)14-16-25/h5-18,22,31H,19-20H2,1-4H3/t22-/m0/s1. The maximum atomic E-state index is 12.2. The molecule has 36 heavy (non-hydrogen) atoms. The summed E-state index contributed by atoms with van der Waals surface area (Å²) in [6, 6.07) is 29.0. The van der Waals surface area contributed by atoms with Crippen LogP contribution in [0, 0.1) is 6.92 Å². The van der Waals surface area contributed by atoms with Crippen molar-refractivity contribution >= 4 is 40.1 Å². The van der Waals surface area contributed by atoms with Crippen LogP contribution in [0.1, 0.15) is 24.5 Å². The Balaban J connectivity index is 1.68. The van der Waals surface area contributed by atoms with Crippen LogP contribution < -0.4 is 14.4 Å². The summed E-state index contributed by atoms with van der Waals surface area (Å²) in [4.78, 5) is 15.6. The Labute approximate surface area is 217 Å². The molecule has 0 saturated heterocycles. The molecule has 0 spiro atoms. The molecule has 6 heteroatoms. The Kier molecular flexibility index (Phi) is 8.39. The molecule has 0 fully saturated rings. The van der Waals surface area contributed by atoms with Crippen LogP contribution in [-0.4, -0.2) is 26.2 Å². The van der Waals surface area contributed by atoms with Crippen molar-refractivity contribution in [1.82, 2.24) is 0 Å². The summed E-state index contributed by atoms with van der Waals surface area (Å²) in [7, 11) is 3.11. The highest BCUT2D eigenvalue weighted by molar-refractivity contribution is 8.00. The average Bonchev–Trinajstić information content (AvgIpc) is 2.91. The first kappa shape index (κ1) is 25.5. The zero-order valence-electron chi connectivity index (χ0n) is 21.2. The average molecular weight is 501 g/mol. The normalized spacial score (nSPS) is 11.7. The fourth-order valence-electron chi connectivity index (χ4n) is 4.26. The second-order valence-corrected chi connectivity index (χ2v) is 9.62. The topological polar surface area (TPSA) is 50.8 Å². The number of hydrogen-bond donors (Lipinski definition) is 1. The van der Waals surface area contributed by atoms with Gasteiger partial charge in [0.05, 0.1) is 26.3 Å². The molecule has 4 rings (SSSR count). The van der Waals surface area contributed by atoms with E-state index in [9.17, 15) is 4.79 Å². The molecule has 0 aliphatic rings. The van der Waals surface area contributed by atoms with E-state index in [-0.39, 0.29) is 12.0 Å². The number of anilines is 2. The van der Waals surface area contributed by atoms with Gasteiger partial charge in [0.15, 0.2) is 0 Å². The molecular formula is C30H32N2O3S. The summed E-state index contributed by atoms with van der Waals surface area (Å²) < 4.78 is 13.8. The molecule has 0 aliphatic heterocycles. The Morgan fingerprint density at radius 3 is 2.31 bits per heavy atom. The van der Waals surface area contributed by atoms with Gasteiger partial charge in [-0.2, -0.15) is 0 Å². The Hall–Kier alpha value is -3.64. The van der Waals surface area contributed by atoms with Gasteiger partial charge in [0, 0.05) is 33.9 Å². The lowest BCUT2D eigenvalue weighted by Gasteiger charge is -2.33. The fourth-order valence-corrected chi connectivity index (χ4v) is 4.94. The lowest BCUT2D eigenvalue weighted by molar-refractivity contribution is -0.140. The van der Waals surface area contributed by atoms with Gasteiger partial charge in [-0.1, -0.05) is 48.5 Å². The van der Waals surface area contributed by atoms with Gasteiger partial charge in [-0.25, -0.2) is 0 Å². The number of carbonyl (C=O) groups excluding carboxylic acids is 1. The predicted molar refractivity (Wildman–Crippen MR) is 150 cm³/mol. The molecule has 1 atom stereocenters. The van der Waals surface area contributed by atoms with E-state index in [0.29, 0.717) is 13.0 Å². The van der Waals surface area contributed by atoms with Gasteiger partial charge in [-0.15, -0.1) is 0 Å².